The molecule has 5 unspecified atom stereocenters. The number of nitrogens with zero attached hydrogens (tertiary/aromatic N) is 1. The second-order valence-corrected chi connectivity index (χ2v) is 6.62. The number of nitrogens with two attached hydrogens (primary N) is 1. The van der Waals surface area contributed by atoms with Crippen molar-refractivity contribution in [3.8, 4) is 0 Å². The molecule has 3 heteroatoms. The fourth-order valence-corrected chi connectivity index (χ4v) is 3.43. The van der Waals surface area contributed by atoms with E-state index in [0.29, 0.717) is 17.7 Å². The molecular weight excluding hydrogens is 224 g/mol. The number of hydrogen-bond acceptors (Lipinski definition) is 2. The largest absolute Gasteiger partial charge is 0.342 e. The number of likely N-dealkylation sites (tertiary alicyclic amines) is 1. The third kappa shape index (κ3) is 2.71. The number of carbonyl (C=O) groups is 1. The molecule has 1 aliphatic heterocycles. The van der Waals surface area contributed by atoms with Crippen LogP contribution >= 0.6 is 0 Å². The Morgan fingerprint density at radius 1 is 1.06 bits per heavy atom. The Bertz CT molecular complexity index is 305. The summed E-state index contributed by atoms with van der Waals surface area (Å²) in [5.41, 5.74) is 6.24. The van der Waals surface area contributed by atoms with Crippen molar-refractivity contribution in [1.29, 1.82) is 0 Å². The van der Waals surface area contributed by atoms with E-state index in [2.05, 4.69) is 25.7 Å². The first-order valence-electron chi connectivity index (χ1n) is 7.55. The summed E-state index contributed by atoms with van der Waals surface area (Å²) in [5.74, 6) is 2.27. The topological polar surface area (TPSA) is 46.3 Å². The van der Waals surface area contributed by atoms with Crippen molar-refractivity contribution in [3.05, 3.63) is 0 Å². The molecule has 1 saturated heterocycles. The monoisotopic (exact) mass is 252 g/mol. The first-order chi connectivity index (χ1) is 8.50. The third-order valence-electron chi connectivity index (χ3n) is 5.26. The van der Waals surface area contributed by atoms with Crippen molar-refractivity contribution in [2.75, 3.05) is 13.1 Å². The Balaban J connectivity index is 1.98. The lowest BCUT2D eigenvalue weighted by atomic mass is 9.77. The summed E-state index contributed by atoms with van der Waals surface area (Å²) in [5, 5.41) is 0. The SMILES string of the molecule is CC1CCN(C(=O)C2CCCC(C)C2N)CC1C. The molecule has 0 aromatic carbocycles. The smallest absolute Gasteiger partial charge is 0.227 e. The van der Waals surface area contributed by atoms with Crippen molar-refractivity contribution in [2.45, 2.75) is 52.5 Å². The molecule has 18 heavy (non-hydrogen) atoms. The second-order valence-electron chi connectivity index (χ2n) is 6.62. The van der Waals surface area contributed by atoms with Gasteiger partial charge in [-0.3, -0.25) is 4.79 Å². The third-order valence-corrected chi connectivity index (χ3v) is 5.26. The van der Waals surface area contributed by atoms with E-state index in [0.717, 1.165) is 38.3 Å². The average molecular weight is 252 g/mol. The van der Waals surface area contributed by atoms with Crippen LogP contribution < -0.4 is 5.73 Å². The zero-order valence-corrected chi connectivity index (χ0v) is 12.1. The first kappa shape index (κ1) is 13.9. The summed E-state index contributed by atoms with van der Waals surface area (Å²) in [4.78, 5) is 14.7. The van der Waals surface area contributed by atoms with E-state index in [1.807, 2.05) is 0 Å². The quantitative estimate of drug-likeness (QED) is 0.778. The molecule has 2 fully saturated rings. The normalized spacial score (nSPS) is 41.8. The molecule has 5 atom stereocenters. The Labute approximate surface area is 111 Å². The second kappa shape index (κ2) is 5.60. The van der Waals surface area contributed by atoms with E-state index in [1.54, 1.807) is 0 Å². The van der Waals surface area contributed by atoms with Crippen LogP contribution in [0.15, 0.2) is 0 Å². The van der Waals surface area contributed by atoms with Gasteiger partial charge in [0, 0.05) is 19.1 Å². The van der Waals surface area contributed by atoms with E-state index in [1.165, 1.54) is 6.42 Å². The van der Waals surface area contributed by atoms with Gasteiger partial charge >= 0.3 is 0 Å². The number of rotatable bonds is 1. The fourth-order valence-electron chi connectivity index (χ4n) is 3.43. The zero-order valence-electron chi connectivity index (χ0n) is 12.1. The minimum absolute atomic E-state index is 0.0703. The van der Waals surface area contributed by atoms with Crippen LogP contribution in [-0.4, -0.2) is 29.9 Å². The summed E-state index contributed by atoms with van der Waals surface area (Å²) in [6, 6.07) is 0.0703. The lowest BCUT2D eigenvalue weighted by molar-refractivity contribution is -0.140. The fraction of sp³-hybridized carbons (Fsp3) is 0.933. The van der Waals surface area contributed by atoms with E-state index >= 15 is 0 Å². The van der Waals surface area contributed by atoms with Gasteiger partial charge in [0.25, 0.3) is 0 Å². The highest BCUT2D eigenvalue weighted by Gasteiger charge is 2.36. The van der Waals surface area contributed by atoms with Crippen LogP contribution in [-0.2, 0) is 4.79 Å². The summed E-state index contributed by atoms with van der Waals surface area (Å²) >= 11 is 0. The minimum atomic E-state index is 0.0703. The van der Waals surface area contributed by atoms with Gasteiger partial charge in [0.05, 0.1) is 5.92 Å². The predicted molar refractivity (Wildman–Crippen MR) is 74.0 cm³/mol. The molecule has 1 heterocycles. The molecule has 1 amide bonds. The van der Waals surface area contributed by atoms with E-state index in [-0.39, 0.29) is 12.0 Å². The van der Waals surface area contributed by atoms with Crippen LogP contribution in [0.3, 0.4) is 0 Å². The van der Waals surface area contributed by atoms with Crippen LogP contribution in [0.25, 0.3) is 0 Å². The highest BCUT2D eigenvalue weighted by atomic mass is 16.2. The van der Waals surface area contributed by atoms with Crippen molar-refractivity contribution < 1.29 is 4.79 Å². The first-order valence-corrected chi connectivity index (χ1v) is 7.55. The Morgan fingerprint density at radius 3 is 2.44 bits per heavy atom. The maximum atomic E-state index is 12.6. The maximum Gasteiger partial charge on any atom is 0.227 e. The van der Waals surface area contributed by atoms with Crippen LogP contribution in [0.5, 0.6) is 0 Å². The Kier molecular flexibility index (Phi) is 4.31. The lowest BCUT2D eigenvalue weighted by Crippen LogP contribution is -2.51. The van der Waals surface area contributed by atoms with E-state index in [4.69, 9.17) is 5.73 Å². The van der Waals surface area contributed by atoms with Crippen LogP contribution in [0.2, 0.25) is 0 Å². The molecular formula is C15H28N2O. The number of amides is 1. The summed E-state index contributed by atoms with van der Waals surface area (Å²) in [6.45, 7) is 8.60. The molecule has 3 nitrogen and oxygen atoms in total. The Morgan fingerprint density at radius 2 is 1.78 bits per heavy atom. The van der Waals surface area contributed by atoms with Gasteiger partial charge in [-0.05, 0) is 37.0 Å². The molecule has 0 aromatic rings. The zero-order chi connectivity index (χ0) is 13.3. The highest BCUT2D eigenvalue weighted by molar-refractivity contribution is 5.79. The van der Waals surface area contributed by atoms with Crippen LogP contribution in [0, 0.1) is 23.7 Å². The maximum absolute atomic E-state index is 12.6. The van der Waals surface area contributed by atoms with Crippen LogP contribution in [0.1, 0.15) is 46.5 Å². The summed E-state index contributed by atoms with van der Waals surface area (Å²) in [6.07, 6.45) is 4.47. The lowest BCUT2D eigenvalue weighted by Gasteiger charge is -2.40. The van der Waals surface area contributed by atoms with Gasteiger partial charge in [-0.15, -0.1) is 0 Å². The average Bonchev–Trinajstić information content (AvgIpc) is 2.35. The Hall–Kier alpha value is -0.570. The molecule has 0 aromatic heterocycles. The van der Waals surface area contributed by atoms with Gasteiger partial charge in [0.2, 0.25) is 5.91 Å². The standard InChI is InChI=1S/C15H28N2O/c1-10-7-8-17(9-12(10)3)15(18)13-6-4-5-11(2)14(13)16/h10-14H,4-9,16H2,1-3H3. The number of piperidine rings is 1. The van der Waals surface area contributed by atoms with Crippen molar-refractivity contribution in [3.63, 3.8) is 0 Å². The molecule has 104 valence electrons. The molecule has 0 radical (unpaired) electrons. The van der Waals surface area contributed by atoms with E-state index < -0.39 is 0 Å². The molecule has 2 aliphatic rings. The number of hydrogen-bond donors (Lipinski definition) is 1. The van der Waals surface area contributed by atoms with Crippen molar-refractivity contribution >= 4 is 5.91 Å². The van der Waals surface area contributed by atoms with Gasteiger partial charge in [-0.25, -0.2) is 0 Å². The van der Waals surface area contributed by atoms with E-state index in [9.17, 15) is 4.79 Å². The van der Waals surface area contributed by atoms with Gasteiger partial charge in [0.15, 0.2) is 0 Å². The van der Waals surface area contributed by atoms with Gasteiger partial charge in [-0.2, -0.15) is 0 Å². The number of carbonyl (C=O) groups excluding carboxylic acids is 1. The molecule has 1 saturated carbocycles. The van der Waals surface area contributed by atoms with Crippen molar-refractivity contribution in [2.24, 2.45) is 29.4 Å². The molecule has 0 bridgehead atoms. The minimum Gasteiger partial charge on any atom is -0.342 e. The molecule has 0 spiro atoms. The van der Waals surface area contributed by atoms with Crippen molar-refractivity contribution in [1.82, 2.24) is 4.90 Å². The summed E-state index contributed by atoms with van der Waals surface area (Å²) < 4.78 is 0. The van der Waals surface area contributed by atoms with Crippen LogP contribution in [0.4, 0.5) is 0 Å². The molecule has 2 N–H and O–H groups in total. The summed E-state index contributed by atoms with van der Waals surface area (Å²) in [7, 11) is 0. The van der Waals surface area contributed by atoms with Gasteiger partial charge in [0.1, 0.15) is 0 Å². The van der Waals surface area contributed by atoms with Gasteiger partial charge in [-0.1, -0.05) is 27.2 Å². The van der Waals surface area contributed by atoms with Gasteiger partial charge < -0.3 is 10.6 Å². The molecule has 2 rings (SSSR count). The predicted octanol–water partition coefficient (Wildman–Crippen LogP) is 2.25. The highest BCUT2D eigenvalue weighted by Crippen LogP contribution is 2.31. The molecule has 1 aliphatic carbocycles.